The van der Waals surface area contributed by atoms with Gasteiger partial charge < -0.3 is 0 Å². The van der Waals surface area contributed by atoms with E-state index in [-0.39, 0.29) is 33.2 Å². The molecule has 0 saturated heterocycles. The maximum absolute atomic E-state index is 4.88. The van der Waals surface area contributed by atoms with Crippen molar-refractivity contribution in [3.63, 3.8) is 0 Å². The first-order chi connectivity index (χ1) is 14.7. The molecule has 9 nitrogen and oxygen atoms in total. The van der Waals surface area contributed by atoms with E-state index in [2.05, 4.69) is 149 Å². The Hall–Kier alpha value is -0.982. The number of hydrogen-bond acceptors (Lipinski definition) is 6. The van der Waals surface area contributed by atoms with E-state index in [1.807, 2.05) is 0 Å². The van der Waals surface area contributed by atoms with Crippen LogP contribution >= 0.6 is 0 Å². The standard InChI is InChI=1S/3C8H18N3.Sb/c3*1-7(2,3)9-11-10-8(4,5)6;/h3*1-6H3;/q3*-1;+3. The predicted molar refractivity (Wildman–Crippen MR) is 144 cm³/mol. The number of nitrogens with zero attached hydrogens (tertiary/aromatic N) is 9. The van der Waals surface area contributed by atoms with Crippen LogP contribution in [-0.4, -0.2) is 63.8 Å². The topological polar surface area (TPSA) is 83.9 Å². The fourth-order valence-electron chi connectivity index (χ4n) is 2.09. The van der Waals surface area contributed by atoms with Gasteiger partial charge in [-0.3, -0.25) is 0 Å². The third kappa shape index (κ3) is 12.6. The second-order valence-corrected chi connectivity index (χ2v) is 19.5. The van der Waals surface area contributed by atoms with Gasteiger partial charge in [-0.05, 0) is 0 Å². The SMILES string of the molecule is CC(C)(C)N=N[N]([Sb]([N](N=NC(C)(C)C)C(C)(C)C)[N](N=NC(C)(C)C)C(C)(C)C)C(C)(C)C. The van der Waals surface area contributed by atoms with Crippen molar-refractivity contribution in [3.05, 3.63) is 0 Å². The predicted octanol–water partition coefficient (Wildman–Crippen LogP) is 7.77. The quantitative estimate of drug-likeness (QED) is 0.180. The molecule has 0 aliphatic heterocycles. The summed E-state index contributed by atoms with van der Waals surface area (Å²) in [5.74, 6) is 0. The second-order valence-electron chi connectivity index (χ2n) is 14.7. The van der Waals surface area contributed by atoms with Gasteiger partial charge in [0.2, 0.25) is 0 Å². The summed E-state index contributed by atoms with van der Waals surface area (Å²) in [4.78, 5) is 0. The van der Waals surface area contributed by atoms with Gasteiger partial charge in [0, 0.05) is 0 Å². The molecule has 0 atom stereocenters. The molecule has 0 unspecified atom stereocenters. The molecule has 0 bridgehead atoms. The third-order valence-corrected chi connectivity index (χ3v) is 12.3. The van der Waals surface area contributed by atoms with Crippen LogP contribution < -0.4 is 0 Å². The van der Waals surface area contributed by atoms with Gasteiger partial charge in [-0.1, -0.05) is 0 Å². The van der Waals surface area contributed by atoms with Gasteiger partial charge in [-0.15, -0.1) is 0 Å². The van der Waals surface area contributed by atoms with Crippen LogP contribution in [-0.2, 0) is 0 Å². The van der Waals surface area contributed by atoms with Gasteiger partial charge in [0.15, 0.2) is 0 Å². The summed E-state index contributed by atoms with van der Waals surface area (Å²) in [5.41, 5.74) is -1.89. The van der Waals surface area contributed by atoms with Crippen LogP contribution in [0.2, 0.25) is 0 Å². The second kappa shape index (κ2) is 11.0. The molecule has 0 saturated carbocycles. The van der Waals surface area contributed by atoms with E-state index in [9.17, 15) is 0 Å². The van der Waals surface area contributed by atoms with Crippen LogP contribution in [0.1, 0.15) is 125 Å². The molecule has 0 amide bonds. The van der Waals surface area contributed by atoms with Crippen LogP contribution in [0.4, 0.5) is 0 Å². The molecule has 10 heteroatoms. The van der Waals surface area contributed by atoms with Crippen molar-refractivity contribution in [2.75, 3.05) is 0 Å². The molecule has 0 aromatic carbocycles. The Balaban J connectivity index is 7.37. The van der Waals surface area contributed by atoms with Crippen molar-refractivity contribution in [3.8, 4) is 0 Å². The fraction of sp³-hybridized carbons (Fsp3) is 1.00. The Morgan fingerprint density at radius 1 is 0.353 bits per heavy atom. The Morgan fingerprint density at radius 3 is 0.647 bits per heavy atom. The average Bonchev–Trinajstić information content (AvgIpc) is 2.47. The molecule has 0 aliphatic carbocycles. The molecule has 0 fully saturated rings. The van der Waals surface area contributed by atoms with Gasteiger partial charge in [0.1, 0.15) is 0 Å². The zero-order valence-electron chi connectivity index (χ0n) is 25.5. The van der Waals surface area contributed by atoms with Crippen LogP contribution in [0.5, 0.6) is 0 Å². The van der Waals surface area contributed by atoms with E-state index in [0.717, 1.165) is 0 Å². The first-order valence-electron chi connectivity index (χ1n) is 12.1. The summed E-state index contributed by atoms with van der Waals surface area (Å²) in [6.45, 7) is 38.0. The number of hydrogen-bond donors (Lipinski definition) is 0. The van der Waals surface area contributed by atoms with Crippen LogP contribution in [0.3, 0.4) is 0 Å². The van der Waals surface area contributed by atoms with E-state index in [4.69, 9.17) is 15.7 Å². The molecular weight excluding hydrogens is 536 g/mol. The molecule has 0 aromatic rings. The maximum atomic E-state index is 4.88. The van der Waals surface area contributed by atoms with Crippen molar-refractivity contribution in [1.29, 1.82) is 0 Å². The Kier molecular flexibility index (Phi) is 10.6. The zero-order valence-corrected chi connectivity index (χ0v) is 28.0. The van der Waals surface area contributed by atoms with E-state index < -0.39 is 21.0 Å². The molecule has 200 valence electrons. The van der Waals surface area contributed by atoms with Gasteiger partial charge in [-0.2, -0.15) is 0 Å². The number of rotatable bonds is 6. The van der Waals surface area contributed by atoms with E-state index in [1.165, 1.54) is 0 Å². The minimum atomic E-state index is -3.13. The van der Waals surface area contributed by atoms with Crippen molar-refractivity contribution in [2.45, 2.75) is 158 Å². The molecule has 0 spiro atoms. The molecule has 0 radical (unpaired) electrons. The van der Waals surface area contributed by atoms with Gasteiger partial charge in [0.05, 0.1) is 0 Å². The van der Waals surface area contributed by atoms with Crippen LogP contribution in [0, 0.1) is 0 Å². The van der Waals surface area contributed by atoms with Crippen molar-refractivity contribution in [1.82, 2.24) is 9.50 Å². The van der Waals surface area contributed by atoms with Crippen molar-refractivity contribution in [2.24, 2.45) is 31.0 Å². The summed E-state index contributed by atoms with van der Waals surface area (Å²) in [6, 6.07) is 0. The summed E-state index contributed by atoms with van der Waals surface area (Å²) in [7, 11) is 0. The molecule has 0 heterocycles. The average molecular weight is 591 g/mol. The van der Waals surface area contributed by atoms with E-state index >= 15 is 0 Å². The monoisotopic (exact) mass is 589 g/mol. The summed E-state index contributed by atoms with van der Waals surface area (Å²) >= 11 is -3.13. The fourth-order valence-corrected chi connectivity index (χ4v) is 9.01. The minimum absolute atomic E-state index is 0.311. The third-order valence-electron chi connectivity index (χ3n) is 3.60. The summed E-state index contributed by atoms with van der Waals surface area (Å²) in [5, 5.41) is 28.7. The van der Waals surface area contributed by atoms with Gasteiger partial charge in [0.25, 0.3) is 0 Å². The molecule has 0 aliphatic rings. The van der Waals surface area contributed by atoms with Gasteiger partial charge in [-0.25, -0.2) is 0 Å². The molecule has 0 N–H and O–H groups in total. The Labute approximate surface area is 218 Å². The Morgan fingerprint density at radius 2 is 0.529 bits per heavy atom. The van der Waals surface area contributed by atoms with Crippen molar-refractivity contribution >= 4 is 21.0 Å². The van der Waals surface area contributed by atoms with Crippen molar-refractivity contribution < 1.29 is 0 Å². The van der Waals surface area contributed by atoms with Crippen LogP contribution in [0.25, 0.3) is 0 Å². The molecule has 0 rings (SSSR count). The summed E-state index contributed by atoms with van der Waals surface area (Å²) < 4.78 is 6.46. The normalized spacial score (nSPS) is 15.3. The molecular formula is C24H54N9Sb. The van der Waals surface area contributed by atoms with E-state index in [1.54, 1.807) is 0 Å². The molecule has 0 aromatic heterocycles. The first-order valence-corrected chi connectivity index (χ1v) is 15.6. The van der Waals surface area contributed by atoms with Gasteiger partial charge >= 0.3 is 219 Å². The first kappa shape index (κ1) is 33.0. The zero-order chi connectivity index (χ0) is 27.6. The molecule has 34 heavy (non-hydrogen) atoms. The summed E-state index contributed by atoms with van der Waals surface area (Å²) in [6.07, 6.45) is 0. The van der Waals surface area contributed by atoms with E-state index in [0.29, 0.717) is 0 Å². The Bertz CT molecular complexity index is 619. The van der Waals surface area contributed by atoms with Crippen LogP contribution in [0.15, 0.2) is 31.0 Å².